The van der Waals surface area contributed by atoms with E-state index in [2.05, 4.69) is 10.3 Å². The molecule has 0 radical (unpaired) electrons. The van der Waals surface area contributed by atoms with Crippen LogP contribution in [0.3, 0.4) is 0 Å². The van der Waals surface area contributed by atoms with Crippen molar-refractivity contribution in [2.75, 3.05) is 19.6 Å². The van der Waals surface area contributed by atoms with Crippen molar-refractivity contribution >= 4 is 22.8 Å². The Kier molecular flexibility index (Phi) is 5.34. The van der Waals surface area contributed by atoms with Gasteiger partial charge in [-0.05, 0) is 62.1 Å². The Morgan fingerprint density at radius 2 is 2.00 bits per heavy atom. The van der Waals surface area contributed by atoms with Gasteiger partial charge in [0.1, 0.15) is 5.82 Å². The van der Waals surface area contributed by atoms with E-state index in [0.29, 0.717) is 12.1 Å². The highest BCUT2D eigenvalue weighted by Gasteiger charge is 2.27. The molecule has 1 aliphatic heterocycles. The number of likely N-dealkylation sites (tertiary alicyclic amines) is 1. The smallest absolute Gasteiger partial charge is 0.251 e. The summed E-state index contributed by atoms with van der Waals surface area (Å²) in [4.78, 5) is 35.0. The van der Waals surface area contributed by atoms with E-state index in [-0.39, 0.29) is 24.3 Å². The van der Waals surface area contributed by atoms with Crippen LogP contribution in [0.5, 0.6) is 0 Å². The molecule has 0 spiro atoms. The van der Waals surface area contributed by atoms with E-state index in [1.54, 1.807) is 6.07 Å². The van der Waals surface area contributed by atoms with Crippen molar-refractivity contribution < 1.29 is 9.59 Å². The Bertz CT molecular complexity index is 1020. The SMILES string of the molecule is Cc1ccc(C(=O)NCC(=O)N2CCCC(c3nc4ccccc4[nH]3)C2)cc1C. The number of para-hydroxylation sites is 2. The fourth-order valence-corrected chi connectivity index (χ4v) is 3.85. The number of benzene rings is 2. The molecule has 6 heteroatoms. The van der Waals surface area contributed by atoms with Crippen LogP contribution in [0.2, 0.25) is 0 Å². The van der Waals surface area contributed by atoms with Crippen LogP contribution in [-0.4, -0.2) is 46.3 Å². The topological polar surface area (TPSA) is 78.1 Å². The van der Waals surface area contributed by atoms with E-state index in [0.717, 1.165) is 47.4 Å². The highest BCUT2D eigenvalue weighted by atomic mass is 16.2. The molecule has 150 valence electrons. The average Bonchev–Trinajstić information content (AvgIpc) is 3.18. The predicted molar refractivity (Wildman–Crippen MR) is 113 cm³/mol. The van der Waals surface area contributed by atoms with Gasteiger partial charge < -0.3 is 15.2 Å². The van der Waals surface area contributed by atoms with E-state index >= 15 is 0 Å². The number of piperidine rings is 1. The van der Waals surface area contributed by atoms with Gasteiger partial charge in [0.15, 0.2) is 0 Å². The second kappa shape index (κ2) is 8.07. The lowest BCUT2D eigenvalue weighted by molar-refractivity contribution is -0.131. The van der Waals surface area contributed by atoms with Crippen LogP contribution in [0.25, 0.3) is 11.0 Å². The largest absolute Gasteiger partial charge is 0.343 e. The minimum atomic E-state index is -0.215. The lowest BCUT2D eigenvalue weighted by atomic mass is 9.97. The average molecular weight is 390 g/mol. The molecular formula is C23H26N4O2. The number of nitrogens with zero attached hydrogens (tertiary/aromatic N) is 2. The highest BCUT2D eigenvalue weighted by molar-refractivity contribution is 5.96. The van der Waals surface area contributed by atoms with E-state index < -0.39 is 0 Å². The number of hydrogen-bond donors (Lipinski definition) is 2. The number of nitrogens with one attached hydrogen (secondary N) is 2. The summed E-state index contributed by atoms with van der Waals surface area (Å²) in [7, 11) is 0. The van der Waals surface area contributed by atoms with E-state index in [1.807, 2.05) is 55.1 Å². The molecule has 3 aromatic rings. The summed E-state index contributed by atoms with van der Waals surface area (Å²) in [5.74, 6) is 0.855. The predicted octanol–water partition coefficient (Wildman–Crippen LogP) is 3.32. The van der Waals surface area contributed by atoms with E-state index in [4.69, 9.17) is 4.98 Å². The number of aromatic amines is 1. The minimum absolute atomic E-state index is 0.0125. The standard InChI is InChI=1S/C23H26N4O2/c1-15-9-10-17(12-16(15)2)23(29)24-13-21(28)27-11-5-6-18(14-27)22-25-19-7-3-4-8-20(19)26-22/h3-4,7-10,12,18H,5-6,11,13-14H2,1-2H3,(H,24,29)(H,25,26). The number of aromatic nitrogens is 2. The van der Waals surface area contributed by atoms with Crippen LogP contribution in [-0.2, 0) is 4.79 Å². The van der Waals surface area contributed by atoms with Gasteiger partial charge in [-0.3, -0.25) is 9.59 Å². The molecule has 1 aliphatic rings. The van der Waals surface area contributed by atoms with Crippen molar-refractivity contribution in [2.45, 2.75) is 32.6 Å². The summed E-state index contributed by atoms with van der Waals surface area (Å²) in [6.45, 7) is 5.34. The number of carbonyl (C=O) groups is 2. The Morgan fingerprint density at radius 3 is 2.79 bits per heavy atom. The molecule has 0 aliphatic carbocycles. The molecule has 1 atom stereocenters. The molecule has 2 N–H and O–H groups in total. The molecule has 6 nitrogen and oxygen atoms in total. The van der Waals surface area contributed by atoms with Crippen molar-refractivity contribution in [3.05, 3.63) is 65.0 Å². The van der Waals surface area contributed by atoms with Crippen LogP contribution in [0, 0.1) is 13.8 Å². The maximum absolute atomic E-state index is 12.7. The maximum atomic E-state index is 12.7. The number of imidazole rings is 1. The Hall–Kier alpha value is -3.15. The Morgan fingerprint density at radius 1 is 1.17 bits per heavy atom. The first-order valence-corrected chi connectivity index (χ1v) is 10.1. The molecule has 0 bridgehead atoms. The second-order valence-electron chi connectivity index (χ2n) is 7.80. The molecule has 2 amide bonds. The monoisotopic (exact) mass is 390 g/mol. The van der Waals surface area contributed by atoms with E-state index in [1.165, 1.54) is 0 Å². The molecule has 2 heterocycles. The second-order valence-corrected chi connectivity index (χ2v) is 7.80. The van der Waals surface area contributed by atoms with Crippen LogP contribution in [0.1, 0.15) is 46.1 Å². The first kappa shape index (κ1) is 19.2. The third-order valence-electron chi connectivity index (χ3n) is 5.74. The maximum Gasteiger partial charge on any atom is 0.251 e. The van der Waals surface area contributed by atoms with Gasteiger partial charge >= 0.3 is 0 Å². The Balaban J connectivity index is 1.37. The van der Waals surface area contributed by atoms with E-state index in [9.17, 15) is 9.59 Å². The number of amides is 2. The fraction of sp³-hybridized carbons (Fsp3) is 0.348. The van der Waals surface area contributed by atoms with Gasteiger partial charge in [-0.2, -0.15) is 0 Å². The van der Waals surface area contributed by atoms with Gasteiger partial charge in [0.2, 0.25) is 5.91 Å². The third-order valence-corrected chi connectivity index (χ3v) is 5.74. The number of carbonyl (C=O) groups excluding carboxylic acids is 2. The van der Waals surface area contributed by atoms with Gasteiger partial charge in [0.05, 0.1) is 17.6 Å². The quantitative estimate of drug-likeness (QED) is 0.717. The van der Waals surface area contributed by atoms with Crippen molar-refractivity contribution in [2.24, 2.45) is 0 Å². The zero-order valence-corrected chi connectivity index (χ0v) is 16.9. The molecule has 1 aromatic heterocycles. The van der Waals surface area contributed by atoms with Gasteiger partial charge in [-0.15, -0.1) is 0 Å². The summed E-state index contributed by atoms with van der Waals surface area (Å²) in [5, 5.41) is 2.77. The van der Waals surface area contributed by atoms with Crippen molar-refractivity contribution in [1.82, 2.24) is 20.2 Å². The molecule has 29 heavy (non-hydrogen) atoms. The van der Waals surface area contributed by atoms with Gasteiger partial charge in [-0.25, -0.2) is 4.98 Å². The molecule has 1 saturated heterocycles. The Labute approximate surface area is 170 Å². The number of rotatable bonds is 4. The van der Waals surface area contributed by atoms with Crippen LogP contribution >= 0.6 is 0 Å². The van der Waals surface area contributed by atoms with Gasteiger partial charge in [0, 0.05) is 24.6 Å². The van der Waals surface area contributed by atoms with Crippen molar-refractivity contribution in [3.63, 3.8) is 0 Å². The summed E-state index contributed by atoms with van der Waals surface area (Å²) >= 11 is 0. The van der Waals surface area contributed by atoms with Crippen LogP contribution in [0.15, 0.2) is 42.5 Å². The van der Waals surface area contributed by atoms with Crippen molar-refractivity contribution in [1.29, 1.82) is 0 Å². The van der Waals surface area contributed by atoms with Gasteiger partial charge in [-0.1, -0.05) is 18.2 Å². The molecular weight excluding hydrogens is 364 g/mol. The van der Waals surface area contributed by atoms with Crippen LogP contribution < -0.4 is 5.32 Å². The van der Waals surface area contributed by atoms with Crippen molar-refractivity contribution in [3.8, 4) is 0 Å². The summed E-state index contributed by atoms with van der Waals surface area (Å²) in [5.41, 5.74) is 4.76. The molecule has 4 rings (SSSR count). The lowest BCUT2D eigenvalue weighted by Gasteiger charge is -2.32. The van der Waals surface area contributed by atoms with Crippen LogP contribution in [0.4, 0.5) is 0 Å². The summed E-state index contributed by atoms with van der Waals surface area (Å²) < 4.78 is 0. The normalized spacial score (nSPS) is 16.8. The summed E-state index contributed by atoms with van der Waals surface area (Å²) in [6.07, 6.45) is 1.93. The molecule has 1 unspecified atom stereocenters. The number of hydrogen-bond acceptors (Lipinski definition) is 3. The first-order valence-electron chi connectivity index (χ1n) is 10.1. The third kappa shape index (κ3) is 4.16. The number of fused-ring (bicyclic) bond motifs is 1. The lowest BCUT2D eigenvalue weighted by Crippen LogP contribution is -2.44. The molecule has 1 fully saturated rings. The molecule has 0 saturated carbocycles. The fourth-order valence-electron chi connectivity index (χ4n) is 3.85. The molecule has 2 aromatic carbocycles. The highest BCUT2D eigenvalue weighted by Crippen LogP contribution is 2.26. The van der Waals surface area contributed by atoms with Gasteiger partial charge in [0.25, 0.3) is 5.91 Å². The summed E-state index contributed by atoms with van der Waals surface area (Å²) in [6, 6.07) is 13.5. The number of H-pyrrole nitrogens is 1. The minimum Gasteiger partial charge on any atom is -0.343 e. The number of aryl methyl sites for hydroxylation is 2. The first-order chi connectivity index (χ1) is 14.0. The zero-order valence-electron chi connectivity index (χ0n) is 16.9. The zero-order chi connectivity index (χ0) is 20.4.